The number of aromatic nitrogens is 2. The first-order valence-corrected chi connectivity index (χ1v) is 9.86. The molecule has 6 nitrogen and oxygen atoms in total. The highest BCUT2D eigenvalue weighted by atomic mass is 32.2. The van der Waals surface area contributed by atoms with Gasteiger partial charge in [-0.15, -0.1) is 0 Å². The van der Waals surface area contributed by atoms with Gasteiger partial charge in [-0.25, -0.2) is 22.8 Å². The average Bonchev–Trinajstić information content (AvgIpc) is 3.05. The average molecular weight is 379 g/mol. The van der Waals surface area contributed by atoms with Crippen LogP contribution in [-0.4, -0.2) is 41.9 Å². The Morgan fingerprint density at radius 1 is 1.12 bits per heavy atom. The summed E-state index contributed by atoms with van der Waals surface area (Å²) >= 11 is 0. The number of hydrogen-bond acceptors (Lipinski definition) is 5. The van der Waals surface area contributed by atoms with E-state index in [1.807, 2.05) is 33.8 Å². The van der Waals surface area contributed by atoms with Gasteiger partial charge in [-0.3, -0.25) is 0 Å². The van der Waals surface area contributed by atoms with Crippen molar-refractivity contribution in [3.8, 4) is 6.01 Å². The van der Waals surface area contributed by atoms with E-state index >= 15 is 0 Å². The van der Waals surface area contributed by atoms with E-state index in [0.29, 0.717) is 17.9 Å². The van der Waals surface area contributed by atoms with Crippen molar-refractivity contribution < 1.29 is 17.5 Å². The molecule has 0 aliphatic carbocycles. The summed E-state index contributed by atoms with van der Waals surface area (Å²) in [6.45, 7) is 8.09. The van der Waals surface area contributed by atoms with Gasteiger partial charge in [0.25, 0.3) is 0 Å². The van der Waals surface area contributed by atoms with Gasteiger partial charge in [0.1, 0.15) is 6.10 Å². The van der Waals surface area contributed by atoms with Crippen LogP contribution in [0.1, 0.15) is 28.7 Å². The largest absolute Gasteiger partial charge is 0.459 e. The fraction of sp³-hybridized carbons (Fsp3) is 0.444. The zero-order valence-corrected chi connectivity index (χ0v) is 16.1. The summed E-state index contributed by atoms with van der Waals surface area (Å²) in [7, 11) is -3.62. The molecule has 0 spiro atoms. The number of hydrogen-bond donors (Lipinski definition) is 0. The minimum atomic E-state index is -3.62. The summed E-state index contributed by atoms with van der Waals surface area (Å²) in [6, 6.07) is 2.06. The van der Waals surface area contributed by atoms with Gasteiger partial charge in [0.05, 0.1) is 23.8 Å². The molecule has 0 unspecified atom stereocenters. The summed E-state index contributed by atoms with van der Waals surface area (Å²) in [5.41, 5.74) is 3.47. The molecule has 0 bridgehead atoms. The van der Waals surface area contributed by atoms with E-state index in [2.05, 4.69) is 9.97 Å². The third kappa shape index (κ3) is 3.43. The normalized spacial score (nSPS) is 18.3. The minimum Gasteiger partial charge on any atom is -0.459 e. The van der Waals surface area contributed by atoms with Crippen molar-refractivity contribution in [2.24, 2.45) is 0 Å². The number of nitrogens with zero attached hydrogens (tertiary/aromatic N) is 3. The van der Waals surface area contributed by atoms with Gasteiger partial charge in [-0.2, -0.15) is 4.31 Å². The molecule has 8 heteroatoms. The summed E-state index contributed by atoms with van der Waals surface area (Å²) in [5.74, 6) is -0.547. The third-order valence-electron chi connectivity index (χ3n) is 4.87. The third-order valence-corrected chi connectivity index (χ3v) is 7.01. The van der Waals surface area contributed by atoms with Crippen molar-refractivity contribution in [3.63, 3.8) is 0 Å². The second-order valence-electron chi connectivity index (χ2n) is 6.66. The molecule has 3 rings (SSSR count). The first-order chi connectivity index (χ1) is 12.2. The number of ether oxygens (including phenoxy) is 1. The van der Waals surface area contributed by atoms with Gasteiger partial charge in [-0.1, -0.05) is 6.07 Å². The number of aryl methyl sites for hydroxylation is 2. The number of sulfonamides is 1. The van der Waals surface area contributed by atoms with Crippen LogP contribution in [0.5, 0.6) is 6.01 Å². The van der Waals surface area contributed by atoms with E-state index in [4.69, 9.17) is 4.74 Å². The highest BCUT2D eigenvalue weighted by Gasteiger charge is 2.36. The lowest BCUT2D eigenvalue weighted by Crippen LogP contribution is -2.32. The van der Waals surface area contributed by atoms with Crippen LogP contribution in [0.15, 0.2) is 23.4 Å². The fourth-order valence-corrected chi connectivity index (χ4v) is 5.28. The molecule has 1 atom stereocenters. The van der Waals surface area contributed by atoms with Crippen molar-refractivity contribution in [1.82, 2.24) is 14.3 Å². The summed E-state index contributed by atoms with van der Waals surface area (Å²) in [6.07, 6.45) is 2.21. The fourth-order valence-electron chi connectivity index (χ4n) is 3.22. The molecular formula is C18H22FN3O3S. The van der Waals surface area contributed by atoms with Gasteiger partial charge in [0, 0.05) is 6.54 Å². The maximum absolute atomic E-state index is 13.2. The van der Waals surface area contributed by atoms with Gasteiger partial charge >= 0.3 is 6.01 Å². The maximum atomic E-state index is 13.2. The predicted octanol–water partition coefficient (Wildman–Crippen LogP) is 2.69. The van der Waals surface area contributed by atoms with Gasteiger partial charge < -0.3 is 4.74 Å². The Morgan fingerprint density at radius 3 is 2.27 bits per heavy atom. The van der Waals surface area contributed by atoms with Crippen molar-refractivity contribution in [1.29, 1.82) is 0 Å². The molecule has 26 heavy (non-hydrogen) atoms. The summed E-state index contributed by atoms with van der Waals surface area (Å²) < 4.78 is 46.3. The Balaban J connectivity index is 1.83. The molecule has 140 valence electrons. The molecule has 1 aromatic carbocycles. The monoisotopic (exact) mass is 379 g/mol. The first kappa shape index (κ1) is 18.7. The molecule has 0 N–H and O–H groups in total. The molecule has 0 saturated carbocycles. The van der Waals surface area contributed by atoms with Crippen LogP contribution >= 0.6 is 0 Å². The van der Waals surface area contributed by atoms with E-state index in [-0.39, 0.29) is 18.7 Å². The Kier molecular flexibility index (Phi) is 4.98. The van der Waals surface area contributed by atoms with E-state index in [9.17, 15) is 12.8 Å². The number of halogens is 1. The lowest BCUT2D eigenvalue weighted by atomic mass is 10.0. The highest BCUT2D eigenvalue weighted by Crippen LogP contribution is 2.31. The number of benzene rings is 1. The lowest BCUT2D eigenvalue weighted by molar-refractivity contribution is 0.197. The van der Waals surface area contributed by atoms with Crippen molar-refractivity contribution in [2.45, 2.75) is 45.1 Å². The van der Waals surface area contributed by atoms with Gasteiger partial charge in [0.15, 0.2) is 5.82 Å². The van der Waals surface area contributed by atoms with Crippen LogP contribution in [0.4, 0.5) is 4.39 Å². The summed E-state index contributed by atoms with van der Waals surface area (Å²) in [4.78, 5) is 7.91. The first-order valence-electron chi connectivity index (χ1n) is 8.42. The summed E-state index contributed by atoms with van der Waals surface area (Å²) in [5, 5.41) is 0. The molecule has 1 aromatic heterocycles. The van der Waals surface area contributed by atoms with Gasteiger partial charge in [0.2, 0.25) is 10.0 Å². The van der Waals surface area contributed by atoms with E-state index < -0.39 is 15.8 Å². The standard InChI is InChI=1S/C18H22FN3O3S/c1-11-7-12(2)14(4)17(13(11)3)26(23,24)22-6-5-16(10-22)25-18-20-8-15(19)9-21-18/h7-9,16H,5-6,10H2,1-4H3/t16-/m0/s1. The smallest absolute Gasteiger partial charge is 0.316 e. The molecule has 1 aliphatic rings. The molecule has 1 fully saturated rings. The van der Waals surface area contributed by atoms with Crippen molar-refractivity contribution >= 4 is 10.0 Å². The van der Waals surface area contributed by atoms with Crippen LogP contribution in [0, 0.1) is 33.5 Å². The Bertz CT molecular complexity index is 903. The second-order valence-corrected chi connectivity index (χ2v) is 8.54. The molecule has 2 aromatic rings. The lowest BCUT2D eigenvalue weighted by Gasteiger charge is -2.21. The molecular weight excluding hydrogens is 357 g/mol. The SMILES string of the molecule is Cc1cc(C)c(C)c(S(=O)(=O)N2CC[C@H](Oc3ncc(F)cn3)C2)c1C. The van der Waals surface area contributed by atoms with Gasteiger partial charge in [-0.05, 0) is 56.4 Å². The number of rotatable bonds is 4. The van der Waals surface area contributed by atoms with Crippen molar-refractivity contribution in [2.75, 3.05) is 13.1 Å². The van der Waals surface area contributed by atoms with Crippen molar-refractivity contribution in [3.05, 3.63) is 46.5 Å². The Hall–Kier alpha value is -2.06. The minimum absolute atomic E-state index is 0.0504. The quantitative estimate of drug-likeness (QED) is 0.817. The zero-order chi connectivity index (χ0) is 19.1. The zero-order valence-electron chi connectivity index (χ0n) is 15.3. The molecule has 2 heterocycles. The Morgan fingerprint density at radius 2 is 1.69 bits per heavy atom. The van der Waals surface area contributed by atoms with Crippen LogP contribution in [-0.2, 0) is 10.0 Å². The van der Waals surface area contributed by atoms with E-state index in [1.165, 1.54) is 4.31 Å². The maximum Gasteiger partial charge on any atom is 0.316 e. The van der Waals surface area contributed by atoms with Crippen LogP contribution in [0.2, 0.25) is 0 Å². The second kappa shape index (κ2) is 6.92. The molecule has 0 radical (unpaired) electrons. The highest BCUT2D eigenvalue weighted by molar-refractivity contribution is 7.89. The topological polar surface area (TPSA) is 72.4 Å². The van der Waals surface area contributed by atoms with Crippen LogP contribution in [0.3, 0.4) is 0 Å². The van der Waals surface area contributed by atoms with Crippen LogP contribution in [0.25, 0.3) is 0 Å². The van der Waals surface area contributed by atoms with Crippen LogP contribution < -0.4 is 4.74 Å². The molecule has 1 saturated heterocycles. The molecule has 1 aliphatic heterocycles. The van der Waals surface area contributed by atoms with E-state index in [1.54, 1.807) is 0 Å². The Labute approximate surface area is 153 Å². The van der Waals surface area contributed by atoms with E-state index in [0.717, 1.165) is 34.6 Å². The predicted molar refractivity (Wildman–Crippen MR) is 95.2 cm³/mol. The molecule has 0 amide bonds.